The van der Waals surface area contributed by atoms with E-state index in [1.54, 1.807) is 0 Å². The normalized spacial score (nSPS) is 20.7. The first-order chi connectivity index (χ1) is 8.47. The molecule has 0 bridgehead atoms. The largest absolute Gasteiger partial charge is 0.301 e. The fourth-order valence-corrected chi connectivity index (χ4v) is 3.13. The first-order valence-electron chi connectivity index (χ1n) is 7.06. The van der Waals surface area contributed by atoms with Crippen molar-refractivity contribution in [2.24, 2.45) is 17.8 Å². The van der Waals surface area contributed by atoms with E-state index in [0.717, 1.165) is 30.1 Å². The Morgan fingerprint density at radius 2 is 1.72 bits per heavy atom. The fourth-order valence-electron chi connectivity index (χ4n) is 2.94. The van der Waals surface area contributed by atoms with Crippen LogP contribution in [0.1, 0.15) is 52.3 Å². The van der Waals surface area contributed by atoms with Gasteiger partial charge in [-0.1, -0.05) is 20.8 Å². The summed E-state index contributed by atoms with van der Waals surface area (Å²) in [6.45, 7) is 7.54. The van der Waals surface area contributed by atoms with E-state index in [1.165, 1.54) is 25.7 Å². The highest BCUT2D eigenvalue weighted by Gasteiger charge is 2.42. The van der Waals surface area contributed by atoms with Crippen molar-refractivity contribution in [2.45, 2.75) is 58.4 Å². The highest BCUT2D eigenvalue weighted by molar-refractivity contribution is 6.28. The smallest absolute Gasteiger partial charge is 0.225 e. The molecule has 2 aliphatic rings. The first kappa shape index (κ1) is 12.5. The monoisotopic (exact) mass is 267 g/mol. The Hall–Kier alpha value is -0.570. The Labute approximate surface area is 114 Å². The molecule has 1 aromatic rings. The molecular weight excluding hydrogens is 246 g/mol. The summed E-state index contributed by atoms with van der Waals surface area (Å²) >= 11 is 6.23. The molecule has 2 saturated carbocycles. The molecule has 0 radical (unpaired) electrons. The van der Waals surface area contributed by atoms with Gasteiger partial charge < -0.3 is 4.57 Å². The molecule has 2 fully saturated rings. The van der Waals surface area contributed by atoms with Gasteiger partial charge in [0.15, 0.2) is 0 Å². The summed E-state index contributed by atoms with van der Waals surface area (Å²) in [5.74, 6) is 3.70. The van der Waals surface area contributed by atoms with Gasteiger partial charge in [0.25, 0.3) is 0 Å². The molecule has 0 aliphatic heterocycles. The average molecular weight is 268 g/mol. The van der Waals surface area contributed by atoms with Gasteiger partial charge in [-0.3, -0.25) is 0 Å². The Morgan fingerprint density at radius 1 is 1.17 bits per heavy atom. The highest BCUT2D eigenvalue weighted by atomic mass is 35.5. The van der Waals surface area contributed by atoms with E-state index in [2.05, 4.69) is 35.5 Å². The second-order valence-corrected chi connectivity index (χ2v) is 7.33. The van der Waals surface area contributed by atoms with Gasteiger partial charge in [-0.05, 0) is 55.0 Å². The molecule has 0 atom stereocenters. The van der Waals surface area contributed by atoms with Crippen LogP contribution in [-0.2, 0) is 12.0 Å². The van der Waals surface area contributed by atoms with Crippen molar-refractivity contribution in [3.8, 4) is 0 Å². The van der Waals surface area contributed by atoms with Crippen LogP contribution in [0.25, 0.3) is 0 Å². The summed E-state index contributed by atoms with van der Waals surface area (Å²) in [5, 5.41) is 8.92. The third-order valence-corrected chi connectivity index (χ3v) is 4.50. The van der Waals surface area contributed by atoms with Crippen LogP contribution < -0.4 is 0 Å². The van der Waals surface area contributed by atoms with Crippen LogP contribution in [0.4, 0.5) is 0 Å². The lowest BCUT2D eigenvalue weighted by Gasteiger charge is -2.23. The van der Waals surface area contributed by atoms with Crippen molar-refractivity contribution in [2.75, 3.05) is 0 Å². The van der Waals surface area contributed by atoms with Crippen LogP contribution >= 0.6 is 11.6 Å². The van der Waals surface area contributed by atoms with Gasteiger partial charge in [-0.25, -0.2) is 0 Å². The maximum absolute atomic E-state index is 6.23. The standard InChI is InChI=1S/C14H22ClN3/c1-14(2,3)12-16-17-13(15)18(12)8-11(9-4-5-9)10-6-7-10/h9-11H,4-8H2,1-3H3. The first-order valence-corrected chi connectivity index (χ1v) is 7.44. The van der Waals surface area contributed by atoms with Gasteiger partial charge in [0, 0.05) is 12.0 Å². The molecule has 3 rings (SSSR count). The summed E-state index contributed by atoms with van der Waals surface area (Å²) in [4.78, 5) is 0. The molecule has 2 aliphatic carbocycles. The van der Waals surface area contributed by atoms with E-state index in [-0.39, 0.29) is 5.41 Å². The van der Waals surface area contributed by atoms with Crippen molar-refractivity contribution < 1.29 is 0 Å². The number of hydrogen-bond donors (Lipinski definition) is 0. The van der Waals surface area contributed by atoms with E-state index < -0.39 is 0 Å². The zero-order chi connectivity index (χ0) is 12.9. The predicted molar refractivity (Wildman–Crippen MR) is 72.7 cm³/mol. The van der Waals surface area contributed by atoms with Crippen LogP contribution in [-0.4, -0.2) is 14.8 Å². The second-order valence-electron chi connectivity index (χ2n) is 6.99. The molecule has 1 aromatic heterocycles. The summed E-state index contributed by atoms with van der Waals surface area (Å²) < 4.78 is 2.16. The van der Waals surface area contributed by atoms with Crippen molar-refractivity contribution in [1.29, 1.82) is 0 Å². The molecule has 0 unspecified atom stereocenters. The Bertz CT molecular complexity index is 426. The van der Waals surface area contributed by atoms with Gasteiger partial charge in [0.05, 0.1) is 0 Å². The molecule has 1 heterocycles. The average Bonchev–Trinajstić information content (AvgIpc) is 3.15. The molecule has 0 saturated heterocycles. The minimum atomic E-state index is 0.0117. The van der Waals surface area contributed by atoms with Gasteiger partial charge >= 0.3 is 0 Å². The third-order valence-electron chi connectivity index (χ3n) is 4.22. The van der Waals surface area contributed by atoms with Gasteiger partial charge in [0.1, 0.15) is 5.82 Å². The topological polar surface area (TPSA) is 30.7 Å². The van der Waals surface area contributed by atoms with Gasteiger partial charge in [-0.2, -0.15) is 0 Å². The van der Waals surface area contributed by atoms with E-state index >= 15 is 0 Å². The van der Waals surface area contributed by atoms with Gasteiger partial charge in [-0.15, -0.1) is 10.2 Å². The SMILES string of the molecule is CC(C)(C)c1nnc(Cl)n1CC(C1CC1)C1CC1. The Kier molecular flexibility index (Phi) is 2.92. The van der Waals surface area contributed by atoms with E-state index in [9.17, 15) is 0 Å². The van der Waals surface area contributed by atoms with Crippen molar-refractivity contribution in [1.82, 2.24) is 14.8 Å². The minimum absolute atomic E-state index is 0.0117. The molecule has 0 spiro atoms. The lowest BCUT2D eigenvalue weighted by molar-refractivity contribution is 0.334. The molecule has 0 amide bonds. The lowest BCUT2D eigenvalue weighted by atomic mass is 9.94. The predicted octanol–water partition coefficient (Wildman–Crippen LogP) is 3.67. The van der Waals surface area contributed by atoms with E-state index in [0.29, 0.717) is 5.28 Å². The lowest BCUT2D eigenvalue weighted by Crippen LogP contribution is -2.23. The molecule has 18 heavy (non-hydrogen) atoms. The van der Waals surface area contributed by atoms with Crippen LogP contribution in [0.2, 0.25) is 5.28 Å². The molecule has 3 nitrogen and oxygen atoms in total. The fraction of sp³-hybridized carbons (Fsp3) is 0.857. The zero-order valence-electron chi connectivity index (χ0n) is 11.5. The number of nitrogens with zero attached hydrogens (tertiary/aromatic N) is 3. The van der Waals surface area contributed by atoms with E-state index in [1.807, 2.05) is 0 Å². The second kappa shape index (κ2) is 4.22. The maximum atomic E-state index is 6.23. The van der Waals surface area contributed by atoms with Crippen molar-refractivity contribution >= 4 is 11.6 Å². The number of aromatic nitrogens is 3. The third kappa shape index (κ3) is 2.42. The minimum Gasteiger partial charge on any atom is -0.301 e. The van der Waals surface area contributed by atoms with Crippen LogP contribution in [0.5, 0.6) is 0 Å². The maximum Gasteiger partial charge on any atom is 0.225 e. The zero-order valence-corrected chi connectivity index (χ0v) is 12.2. The van der Waals surface area contributed by atoms with Crippen molar-refractivity contribution in [3.05, 3.63) is 11.1 Å². The van der Waals surface area contributed by atoms with Gasteiger partial charge in [0.2, 0.25) is 5.28 Å². The van der Waals surface area contributed by atoms with Crippen LogP contribution in [0.15, 0.2) is 0 Å². The van der Waals surface area contributed by atoms with Crippen molar-refractivity contribution in [3.63, 3.8) is 0 Å². The Balaban J connectivity index is 1.84. The number of rotatable bonds is 4. The molecule has 4 heteroatoms. The number of halogens is 1. The molecule has 100 valence electrons. The Morgan fingerprint density at radius 3 is 2.17 bits per heavy atom. The summed E-state index contributed by atoms with van der Waals surface area (Å²) in [7, 11) is 0. The van der Waals surface area contributed by atoms with Crippen LogP contribution in [0, 0.1) is 17.8 Å². The highest BCUT2D eigenvalue weighted by Crippen LogP contribution is 2.50. The summed E-state index contributed by atoms with van der Waals surface area (Å²) in [6, 6.07) is 0. The molecule has 0 N–H and O–H groups in total. The molecular formula is C14H22ClN3. The number of hydrogen-bond acceptors (Lipinski definition) is 2. The quantitative estimate of drug-likeness (QED) is 0.833. The molecule has 0 aromatic carbocycles. The van der Waals surface area contributed by atoms with E-state index in [4.69, 9.17) is 11.6 Å². The van der Waals surface area contributed by atoms with Crippen LogP contribution in [0.3, 0.4) is 0 Å². The summed E-state index contributed by atoms with van der Waals surface area (Å²) in [6.07, 6.45) is 5.63. The summed E-state index contributed by atoms with van der Waals surface area (Å²) in [5.41, 5.74) is 0.0117.